The van der Waals surface area contributed by atoms with Crippen molar-refractivity contribution in [2.24, 2.45) is 0 Å². The highest BCUT2D eigenvalue weighted by Gasteiger charge is 2.01. The van der Waals surface area contributed by atoms with Gasteiger partial charge in [-0.05, 0) is 19.1 Å². The van der Waals surface area contributed by atoms with E-state index in [0.29, 0.717) is 23.9 Å². The Labute approximate surface area is 105 Å². The summed E-state index contributed by atoms with van der Waals surface area (Å²) < 4.78 is 10.9. The number of hydrogen-bond acceptors (Lipinski definition) is 5. The molecule has 94 valence electrons. The highest BCUT2D eigenvalue weighted by atomic mass is 16.5. The Hall–Kier alpha value is -2.14. The molecule has 0 fully saturated rings. The molecule has 0 aliphatic rings. The average molecular weight is 246 g/mol. The van der Waals surface area contributed by atoms with Crippen molar-refractivity contribution < 1.29 is 14.6 Å². The van der Waals surface area contributed by atoms with Crippen molar-refractivity contribution in [2.75, 3.05) is 6.61 Å². The molecule has 0 saturated carbocycles. The quantitative estimate of drug-likeness (QED) is 0.875. The SMILES string of the molecule is CCOc1cccc(Oc2cnc(CO)cn2)c1. The molecule has 1 heterocycles. The Bertz CT molecular complexity index is 500. The van der Waals surface area contributed by atoms with Crippen molar-refractivity contribution in [3.05, 3.63) is 42.4 Å². The zero-order valence-corrected chi connectivity index (χ0v) is 10.0. The van der Waals surface area contributed by atoms with Gasteiger partial charge in [-0.25, -0.2) is 4.98 Å². The van der Waals surface area contributed by atoms with E-state index in [1.165, 1.54) is 12.4 Å². The van der Waals surface area contributed by atoms with Gasteiger partial charge in [-0.2, -0.15) is 0 Å². The van der Waals surface area contributed by atoms with Gasteiger partial charge >= 0.3 is 0 Å². The monoisotopic (exact) mass is 246 g/mol. The lowest BCUT2D eigenvalue weighted by Crippen LogP contribution is -1.95. The number of benzene rings is 1. The molecule has 5 nitrogen and oxygen atoms in total. The first-order valence-electron chi connectivity index (χ1n) is 5.64. The summed E-state index contributed by atoms with van der Waals surface area (Å²) in [5, 5.41) is 8.85. The third kappa shape index (κ3) is 3.18. The molecule has 0 bridgehead atoms. The molecule has 0 radical (unpaired) electrons. The zero-order valence-electron chi connectivity index (χ0n) is 10.0. The van der Waals surface area contributed by atoms with Gasteiger partial charge in [0.25, 0.3) is 0 Å². The average Bonchev–Trinajstić information content (AvgIpc) is 2.40. The van der Waals surface area contributed by atoms with Gasteiger partial charge < -0.3 is 14.6 Å². The van der Waals surface area contributed by atoms with E-state index in [1.54, 1.807) is 6.07 Å². The highest BCUT2D eigenvalue weighted by Crippen LogP contribution is 2.23. The van der Waals surface area contributed by atoms with E-state index in [2.05, 4.69) is 9.97 Å². The molecule has 0 spiro atoms. The Kier molecular flexibility index (Phi) is 4.09. The molecule has 0 atom stereocenters. The molecule has 0 saturated heterocycles. The largest absolute Gasteiger partial charge is 0.494 e. The molecule has 0 aliphatic heterocycles. The van der Waals surface area contributed by atoms with Gasteiger partial charge in [0, 0.05) is 6.07 Å². The maximum Gasteiger partial charge on any atom is 0.237 e. The van der Waals surface area contributed by atoms with Crippen molar-refractivity contribution in [2.45, 2.75) is 13.5 Å². The van der Waals surface area contributed by atoms with Crippen LogP contribution in [0.4, 0.5) is 0 Å². The first-order valence-corrected chi connectivity index (χ1v) is 5.64. The van der Waals surface area contributed by atoms with Gasteiger partial charge in [-0.15, -0.1) is 0 Å². The summed E-state index contributed by atoms with van der Waals surface area (Å²) in [5.41, 5.74) is 0.505. The van der Waals surface area contributed by atoms with Gasteiger partial charge in [-0.3, -0.25) is 4.98 Å². The Morgan fingerprint density at radius 3 is 2.67 bits per heavy atom. The molecule has 1 aromatic carbocycles. The zero-order chi connectivity index (χ0) is 12.8. The summed E-state index contributed by atoms with van der Waals surface area (Å²) in [7, 11) is 0. The normalized spacial score (nSPS) is 10.1. The smallest absolute Gasteiger partial charge is 0.237 e. The number of nitrogens with zero attached hydrogens (tertiary/aromatic N) is 2. The predicted molar refractivity (Wildman–Crippen MR) is 65.6 cm³/mol. The van der Waals surface area contributed by atoms with Crippen LogP contribution < -0.4 is 9.47 Å². The van der Waals surface area contributed by atoms with Gasteiger partial charge in [-0.1, -0.05) is 6.07 Å². The highest BCUT2D eigenvalue weighted by molar-refractivity contribution is 5.34. The van der Waals surface area contributed by atoms with E-state index in [0.717, 1.165) is 5.75 Å². The Morgan fingerprint density at radius 1 is 1.17 bits per heavy atom. The number of rotatable bonds is 5. The maximum atomic E-state index is 8.85. The standard InChI is InChI=1S/C13H14N2O3/c1-2-17-11-4-3-5-12(6-11)18-13-8-14-10(9-16)7-15-13/h3-8,16H,2,9H2,1H3. The van der Waals surface area contributed by atoms with Crippen molar-refractivity contribution in [1.82, 2.24) is 9.97 Å². The minimum absolute atomic E-state index is 0.132. The number of aliphatic hydroxyl groups is 1. The van der Waals surface area contributed by atoms with Gasteiger partial charge in [0.05, 0.1) is 31.3 Å². The topological polar surface area (TPSA) is 64.5 Å². The lowest BCUT2D eigenvalue weighted by atomic mass is 10.3. The molecule has 0 unspecified atom stereocenters. The Morgan fingerprint density at radius 2 is 2.00 bits per heavy atom. The van der Waals surface area contributed by atoms with Crippen LogP contribution in [-0.2, 0) is 6.61 Å². The summed E-state index contributed by atoms with van der Waals surface area (Å²) in [4.78, 5) is 8.02. The number of ether oxygens (including phenoxy) is 2. The molecular weight excluding hydrogens is 232 g/mol. The second-order valence-corrected chi connectivity index (χ2v) is 3.51. The van der Waals surface area contributed by atoms with E-state index in [9.17, 15) is 0 Å². The predicted octanol–water partition coefficient (Wildman–Crippen LogP) is 2.16. The van der Waals surface area contributed by atoms with Crippen LogP contribution in [0, 0.1) is 0 Å². The van der Waals surface area contributed by atoms with Crippen molar-refractivity contribution in [3.63, 3.8) is 0 Å². The van der Waals surface area contributed by atoms with E-state index in [-0.39, 0.29) is 6.61 Å². The summed E-state index contributed by atoms with van der Waals surface area (Å²) in [6, 6.07) is 7.29. The molecule has 0 aliphatic carbocycles. The van der Waals surface area contributed by atoms with E-state index >= 15 is 0 Å². The third-order valence-electron chi connectivity index (χ3n) is 2.18. The minimum Gasteiger partial charge on any atom is -0.494 e. The maximum absolute atomic E-state index is 8.85. The van der Waals surface area contributed by atoms with Crippen LogP contribution in [0.25, 0.3) is 0 Å². The summed E-state index contributed by atoms with van der Waals surface area (Å²) in [6.45, 7) is 2.40. The fourth-order valence-corrected chi connectivity index (χ4v) is 1.39. The van der Waals surface area contributed by atoms with Crippen molar-refractivity contribution >= 4 is 0 Å². The fourth-order valence-electron chi connectivity index (χ4n) is 1.39. The van der Waals surface area contributed by atoms with E-state index < -0.39 is 0 Å². The van der Waals surface area contributed by atoms with Gasteiger partial charge in [0.15, 0.2) is 0 Å². The third-order valence-corrected chi connectivity index (χ3v) is 2.18. The second kappa shape index (κ2) is 5.97. The molecule has 0 amide bonds. The number of aromatic nitrogens is 2. The van der Waals surface area contributed by atoms with Crippen LogP contribution in [-0.4, -0.2) is 21.7 Å². The lowest BCUT2D eigenvalue weighted by molar-refractivity contribution is 0.276. The molecule has 18 heavy (non-hydrogen) atoms. The van der Waals surface area contributed by atoms with Gasteiger partial charge in [0.2, 0.25) is 5.88 Å². The van der Waals surface area contributed by atoms with Crippen molar-refractivity contribution in [3.8, 4) is 17.4 Å². The van der Waals surface area contributed by atoms with Crippen LogP contribution in [0.2, 0.25) is 0 Å². The molecular formula is C13H14N2O3. The molecule has 1 N–H and O–H groups in total. The fraction of sp³-hybridized carbons (Fsp3) is 0.231. The lowest BCUT2D eigenvalue weighted by Gasteiger charge is -2.07. The second-order valence-electron chi connectivity index (χ2n) is 3.51. The van der Waals surface area contributed by atoms with E-state index in [4.69, 9.17) is 14.6 Å². The van der Waals surface area contributed by atoms with Gasteiger partial charge in [0.1, 0.15) is 11.5 Å². The summed E-state index contributed by atoms with van der Waals surface area (Å²) in [5.74, 6) is 1.75. The summed E-state index contributed by atoms with van der Waals surface area (Å²) >= 11 is 0. The minimum atomic E-state index is -0.132. The summed E-state index contributed by atoms with van der Waals surface area (Å²) in [6.07, 6.45) is 2.95. The molecule has 2 rings (SSSR count). The molecule has 1 aromatic heterocycles. The molecule has 5 heteroatoms. The van der Waals surface area contributed by atoms with Crippen LogP contribution in [0.15, 0.2) is 36.7 Å². The van der Waals surface area contributed by atoms with Crippen LogP contribution in [0.5, 0.6) is 17.4 Å². The van der Waals surface area contributed by atoms with Crippen LogP contribution in [0.1, 0.15) is 12.6 Å². The van der Waals surface area contributed by atoms with Crippen LogP contribution >= 0.6 is 0 Å². The number of hydrogen-bond donors (Lipinski definition) is 1. The number of aliphatic hydroxyl groups excluding tert-OH is 1. The first kappa shape index (κ1) is 12.3. The van der Waals surface area contributed by atoms with Crippen molar-refractivity contribution in [1.29, 1.82) is 0 Å². The van der Waals surface area contributed by atoms with E-state index in [1.807, 2.05) is 25.1 Å². The first-order chi connectivity index (χ1) is 8.81. The molecule has 2 aromatic rings. The Balaban J connectivity index is 2.09. The van der Waals surface area contributed by atoms with Crippen LogP contribution in [0.3, 0.4) is 0 Å².